The summed E-state index contributed by atoms with van der Waals surface area (Å²) in [5.41, 5.74) is 2.28. The highest BCUT2D eigenvalue weighted by atomic mass is 32.2. The summed E-state index contributed by atoms with van der Waals surface area (Å²) in [5, 5.41) is 10.4. The number of thiazole rings is 1. The zero-order chi connectivity index (χ0) is 28.7. The van der Waals surface area contributed by atoms with Crippen molar-refractivity contribution < 1.29 is 22.8 Å². The van der Waals surface area contributed by atoms with Crippen LogP contribution in [0.5, 0.6) is 0 Å². The van der Waals surface area contributed by atoms with Crippen LogP contribution >= 0.6 is 11.3 Å². The summed E-state index contributed by atoms with van der Waals surface area (Å²) < 4.78 is 27.1. The Hall–Kier alpha value is -3.61. The average molecular weight is 572 g/mol. The smallest absolute Gasteiger partial charge is 0.251 e. The van der Waals surface area contributed by atoms with Gasteiger partial charge in [-0.25, -0.2) is 13.4 Å². The summed E-state index contributed by atoms with van der Waals surface area (Å²) in [4.78, 5) is 41.9. The summed E-state index contributed by atoms with van der Waals surface area (Å²) in [6.07, 6.45) is 0. The summed E-state index contributed by atoms with van der Waals surface area (Å²) in [6, 6.07) is 12.1. The number of rotatable bonds is 11. The largest absolute Gasteiger partial charge is 0.340 e. The fourth-order valence-corrected chi connectivity index (χ4v) is 6.07. The lowest BCUT2D eigenvalue weighted by Gasteiger charge is -2.22. The number of carbonyl (C=O) groups excluding carboxylic acids is 3. The van der Waals surface area contributed by atoms with E-state index < -0.39 is 27.9 Å². The molecule has 1 aromatic heterocycles. The maximum atomic E-state index is 13.1. The molecule has 3 N–H and O–H groups in total. The Balaban J connectivity index is 1.72. The summed E-state index contributed by atoms with van der Waals surface area (Å²) >= 11 is 1.25. The van der Waals surface area contributed by atoms with E-state index in [4.69, 9.17) is 0 Å². The highest BCUT2D eigenvalue weighted by Crippen LogP contribution is 2.26. The van der Waals surface area contributed by atoms with E-state index in [0.29, 0.717) is 29.6 Å². The van der Waals surface area contributed by atoms with E-state index in [0.717, 1.165) is 5.56 Å². The number of nitrogens with one attached hydrogen (secondary N) is 3. The Kier molecular flexibility index (Phi) is 9.95. The molecule has 10 nitrogen and oxygen atoms in total. The summed E-state index contributed by atoms with van der Waals surface area (Å²) in [5.74, 6) is -1.41. The Morgan fingerprint density at radius 3 is 2.26 bits per heavy atom. The molecule has 0 bridgehead atoms. The average Bonchev–Trinajstić information content (AvgIpc) is 3.36. The second-order valence-corrected chi connectivity index (χ2v) is 11.9. The van der Waals surface area contributed by atoms with Crippen LogP contribution in [0.4, 0.5) is 10.8 Å². The normalized spacial score (nSPS) is 12.3. The molecular formula is C27H33N5O5S2. The van der Waals surface area contributed by atoms with E-state index in [9.17, 15) is 22.8 Å². The third-order valence-corrected chi connectivity index (χ3v) is 8.71. The van der Waals surface area contributed by atoms with Gasteiger partial charge >= 0.3 is 0 Å². The number of carbonyl (C=O) groups is 3. The molecule has 1 atom stereocenters. The summed E-state index contributed by atoms with van der Waals surface area (Å²) in [6.45, 7) is 9.16. The molecule has 3 aromatic rings. The van der Waals surface area contributed by atoms with Crippen molar-refractivity contribution in [2.24, 2.45) is 5.92 Å². The molecule has 0 spiro atoms. The molecule has 12 heteroatoms. The van der Waals surface area contributed by atoms with Gasteiger partial charge in [0.1, 0.15) is 6.04 Å². The molecule has 0 aliphatic heterocycles. The molecule has 0 aliphatic carbocycles. The quantitative estimate of drug-likeness (QED) is 0.316. The van der Waals surface area contributed by atoms with Gasteiger partial charge in [0.2, 0.25) is 21.8 Å². The van der Waals surface area contributed by atoms with Crippen LogP contribution in [0.25, 0.3) is 11.3 Å². The number of anilines is 2. The highest BCUT2D eigenvalue weighted by Gasteiger charge is 2.27. The van der Waals surface area contributed by atoms with Gasteiger partial charge in [-0.2, -0.15) is 4.31 Å². The molecule has 2 aromatic carbocycles. The van der Waals surface area contributed by atoms with Gasteiger partial charge in [-0.15, -0.1) is 11.3 Å². The number of benzene rings is 2. The molecule has 208 valence electrons. The van der Waals surface area contributed by atoms with E-state index in [2.05, 4.69) is 20.9 Å². The van der Waals surface area contributed by atoms with Crippen molar-refractivity contribution in [3.05, 3.63) is 59.5 Å². The Bertz CT molecular complexity index is 1430. The minimum absolute atomic E-state index is 0.0184. The van der Waals surface area contributed by atoms with Crippen molar-refractivity contribution >= 4 is 49.9 Å². The van der Waals surface area contributed by atoms with Crippen molar-refractivity contribution in [1.82, 2.24) is 14.6 Å². The SMILES string of the molecule is CCN(CC)S(=O)(=O)c1cccc(C(=O)N[C@H](C(=O)Nc2nc(-c3ccc(NC(C)=O)cc3)cs2)C(C)C)c1. The number of aromatic nitrogens is 1. The fraction of sp³-hybridized carbons (Fsp3) is 0.333. The lowest BCUT2D eigenvalue weighted by Crippen LogP contribution is -2.47. The molecule has 39 heavy (non-hydrogen) atoms. The van der Waals surface area contributed by atoms with Crippen LogP contribution in [0.2, 0.25) is 0 Å². The second kappa shape index (κ2) is 13.0. The zero-order valence-electron chi connectivity index (χ0n) is 22.5. The molecule has 3 rings (SSSR count). The molecule has 0 unspecified atom stereocenters. The van der Waals surface area contributed by atoms with E-state index in [1.165, 1.54) is 46.8 Å². The summed E-state index contributed by atoms with van der Waals surface area (Å²) in [7, 11) is -3.74. The van der Waals surface area contributed by atoms with E-state index in [-0.39, 0.29) is 22.3 Å². The molecule has 0 radical (unpaired) electrons. The van der Waals surface area contributed by atoms with Gasteiger partial charge < -0.3 is 16.0 Å². The van der Waals surface area contributed by atoms with Crippen molar-refractivity contribution in [3.63, 3.8) is 0 Å². The van der Waals surface area contributed by atoms with E-state index in [1.807, 2.05) is 12.1 Å². The number of hydrogen-bond donors (Lipinski definition) is 3. The first-order valence-corrected chi connectivity index (χ1v) is 14.8. The lowest BCUT2D eigenvalue weighted by molar-refractivity contribution is -0.119. The Morgan fingerprint density at radius 1 is 1.00 bits per heavy atom. The van der Waals surface area contributed by atoms with Gasteiger partial charge in [0.05, 0.1) is 10.6 Å². The standard InChI is InChI=1S/C27H33N5O5S2/c1-6-32(7-2)39(36,37)22-10-8-9-20(15-22)25(34)30-24(17(3)4)26(35)31-27-29-23(16-38-27)19-11-13-21(14-12-19)28-18(5)33/h8-17,24H,6-7H2,1-5H3,(H,28,33)(H,30,34)(H,29,31,35)/t24-/m0/s1. The minimum Gasteiger partial charge on any atom is -0.340 e. The van der Waals surface area contributed by atoms with Gasteiger partial charge in [-0.1, -0.05) is 45.9 Å². The first kappa shape index (κ1) is 29.9. The maximum absolute atomic E-state index is 13.1. The minimum atomic E-state index is -3.74. The topological polar surface area (TPSA) is 138 Å². The van der Waals surface area contributed by atoms with Gasteiger partial charge in [0.25, 0.3) is 5.91 Å². The molecule has 0 fully saturated rings. The second-order valence-electron chi connectivity index (χ2n) is 9.10. The van der Waals surface area contributed by atoms with Gasteiger partial charge in [-0.3, -0.25) is 14.4 Å². The monoisotopic (exact) mass is 571 g/mol. The third-order valence-electron chi connectivity index (χ3n) is 5.91. The number of amides is 3. The van der Waals surface area contributed by atoms with Crippen LogP contribution in [-0.2, 0) is 19.6 Å². The van der Waals surface area contributed by atoms with Gasteiger partial charge in [0, 0.05) is 42.2 Å². The Labute approximate surface area is 232 Å². The molecule has 1 heterocycles. The van der Waals surface area contributed by atoms with Crippen LogP contribution in [0, 0.1) is 5.92 Å². The lowest BCUT2D eigenvalue weighted by atomic mass is 10.0. The van der Waals surface area contributed by atoms with E-state index >= 15 is 0 Å². The zero-order valence-corrected chi connectivity index (χ0v) is 24.2. The highest BCUT2D eigenvalue weighted by molar-refractivity contribution is 7.89. The first-order valence-electron chi connectivity index (χ1n) is 12.5. The van der Waals surface area contributed by atoms with Crippen LogP contribution in [-0.4, -0.2) is 54.6 Å². The molecular weight excluding hydrogens is 538 g/mol. The van der Waals surface area contributed by atoms with Crippen molar-refractivity contribution in [2.75, 3.05) is 23.7 Å². The van der Waals surface area contributed by atoms with Crippen molar-refractivity contribution in [3.8, 4) is 11.3 Å². The first-order chi connectivity index (χ1) is 18.5. The third kappa shape index (κ3) is 7.49. The van der Waals surface area contributed by atoms with Crippen molar-refractivity contribution in [1.29, 1.82) is 0 Å². The number of nitrogens with zero attached hydrogens (tertiary/aromatic N) is 2. The molecule has 3 amide bonds. The van der Waals surface area contributed by atoms with Crippen LogP contribution in [0.3, 0.4) is 0 Å². The number of sulfonamides is 1. The van der Waals surface area contributed by atoms with Crippen molar-refractivity contribution in [2.45, 2.75) is 45.6 Å². The van der Waals surface area contributed by atoms with Crippen LogP contribution in [0.1, 0.15) is 45.0 Å². The fourth-order valence-electron chi connectivity index (χ4n) is 3.84. The van der Waals surface area contributed by atoms with Gasteiger partial charge in [-0.05, 0) is 36.2 Å². The van der Waals surface area contributed by atoms with Crippen LogP contribution < -0.4 is 16.0 Å². The predicted molar refractivity (Wildman–Crippen MR) is 153 cm³/mol. The van der Waals surface area contributed by atoms with E-state index in [1.54, 1.807) is 45.2 Å². The number of hydrogen-bond acceptors (Lipinski definition) is 7. The maximum Gasteiger partial charge on any atom is 0.251 e. The van der Waals surface area contributed by atoms with Gasteiger partial charge in [0.15, 0.2) is 5.13 Å². The van der Waals surface area contributed by atoms with Crippen LogP contribution in [0.15, 0.2) is 58.8 Å². The molecule has 0 aliphatic rings. The predicted octanol–water partition coefficient (Wildman–Crippen LogP) is 4.19. The Morgan fingerprint density at radius 2 is 1.67 bits per heavy atom. The molecule has 0 saturated carbocycles. The molecule has 0 saturated heterocycles.